The lowest BCUT2D eigenvalue weighted by molar-refractivity contribution is -0.253. The number of carbonyl (C=O) groups is 3. The third-order valence-corrected chi connectivity index (χ3v) is 5.29. The fourth-order valence-corrected chi connectivity index (χ4v) is 3.73. The zero-order valence-corrected chi connectivity index (χ0v) is 15.7. The van der Waals surface area contributed by atoms with Gasteiger partial charge in [-0.3, -0.25) is 4.79 Å². The molecule has 0 radical (unpaired) electrons. The number of benzene rings is 1. The average Bonchev–Trinajstić information content (AvgIpc) is 2.60. The van der Waals surface area contributed by atoms with E-state index in [9.17, 15) is 29.7 Å². The third kappa shape index (κ3) is 5.29. The second kappa shape index (κ2) is 8.83. The molecule has 1 saturated heterocycles. The zero-order valence-electron chi connectivity index (χ0n) is 14.9. The van der Waals surface area contributed by atoms with E-state index in [0.29, 0.717) is 4.90 Å². The Bertz CT molecular complexity index is 690. The first kappa shape index (κ1) is 21.4. The molecule has 8 nitrogen and oxygen atoms in total. The lowest BCUT2D eigenvalue weighted by Gasteiger charge is -2.46. The van der Waals surface area contributed by atoms with Gasteiger partial charge in [0, 0.05) is 11.3 Å². The monoisotopic (exact) mass is 398 g/mol. The summed E-state index contributed by atoms with van der Waals surface area (Å²) in [5, 5.41) is 30.6. The van der Waals surface area contributed by atoms with Crippen LogP contribution in [0, 0.1) is 0 Å². The van der Waals surface area contributed by atoms with Crippen molar-refractivity contribution in [2.24, 2.45) is 0 Å². The Morgan fingerprint density at radius 1 is 1.22 bits per heavy atom. The van der Waals surface area contributed by atoms with Crippen molar-refractivity contribution in [3.05, 3.63) is 30.3 Å². The van der Waals surface area contributed by atoms with Crippen LogP contribution in [0.4, 0.5) is 0 Å². The minimum Gasteiger partial charge on any atom is -0.479 e. The predicted molar refractivity (Wildman–Crippen MR) is 95.0 cm³/mol. The molecule has 1 aliphatic heterocycles. The van der Waals surface area contributed by atoms with Gasteiger partial charge in [0.1, 0.15) is 22.9 Å². The number of hydrogen-bond donors (Lipinski definition) is 3. The summed E-state index contributed by atoms with van der Waals surface area (Å²) in [6.07, 6.45) is -5.02. The number of ketones is 1. The molecule has 3 N–H and O–H groups in total. The van der Waals surface area contributed by atoms with Crippen molar-refractivity contribution in [3.63, 3.8) is 0 Å². The van der Waals surface area contributed by atoms with Crippen LogP contribution in [0.5, 0.6) is 0 Å². The van der Waals surface area contributed by atoms with Crippen molar-refractivity contribution in [1.82, 2.24) is 0 Å². The molecule has 0 unspecified atom stereocenters. The molecular formula is C18H22O8S. The van der Waals surface area contributed by atoms with Crippen LogP contribution in [-0.4, -0.2) is 62.4 Å². The Hall–Kier alpha value is -1.94. The highest BCUT2D eigenvalue weighted by atomic mass is 32.2. The Kier molecular flexibility index (Phi) is 6.99. The number of aliphatic carboxylic acids is 1. The van der Waals surface area contributed by atoms with E-state index >= 15 is 0 Å². The van der Waals surface area contributed by atoms with Gasteiger partial charge in [0.2, 0.25) is 0 Å². The number of carboxylic acids is 1. The van der Waals surface area contributed by atoms with E-state index in [1.807, 2.05) is 0 Å². The fraction of sp³-hybridized carbons (Fsp3) is 0.500. The van der Waals surface area contributed by atoms with Gasteiger partial charge in [0.05, 0.1) is 6.42 Å². The minimum absolute atomic E-state index is 0.0507. The number of thioether (sulfide) groups is 1. The van der Waals surface area contributed by atoms with Gasteiger partial charge in [0.15, 0.2) is 12.2 Å². The standard InChI is InChI=1S/C18H22O8S/c1-10(19)8-9-12(20)25-14-13(21)17(27-11-6-4-3-5-7-11)26-15(16(22)23)18(14,2)24/h3-7,13-15,17,21,24H,8-9H2,1-2H3,(H,22,23)/t13-,14-,15-,17+,18+/m1/s1. The van der Waals surface area contributed by atoms with E-state index in [0.717, 1.165) is 18.7 Å². The first-order chi connectivity index (χ1) is 12.6. The summed E-state index contributed by atoms with van der Waals surface area (Å²) in [6, 6.07) is 8.82. The molecule has 0 amide bonds. The number of carboxylic acid groups (broad SMARTS) is 1. The van der Waals surface area contributed by atoms with Gasteiger partial charge in [-0.25, -0.2) is 4.79 Å². The number of aliphatic hydroxyl groups excluding tert-OH is 1. The van der Waals surface area contributed by atoms with Gasteiger partial charge in [-0.05, 0) is 26.0 Å². The summed E-state index contributed by atoms with van der Waals surface area (Å²) in [7, 11) is 0. The molecule has 1 heterocycles. The maximum atomic E-state index is 12.0. The number of aliphatic hydroxyl groups is 2. The van der Waals surface area contributed by atoms with Gasteiger partial charge in [-0.2, -0.15) is 0 Å². The van der Waals surface area contributed by atoms with Crippen molar-refractivity contribution in [2.45, 2.75) is 60.9 Å². The Labute approximate surface area is 160 Å². The maximum absolute atomic E-state index is 12.0. The molecule has 9 heteroatoms. The average molecular weight is 398 g/mol. The second-order valence-corrected chi connectivity index (χ2v) is 7.65. The van der Waals surface area contributed by atoms with E-state index in [1.165, 1.54) is 6.92 Å². The van der Waals surface area contributed by atoms with Crippen LogP contribution in [0.2, 0.25) is 0 Å². The van der Waals surface area contributed by atoms with Gasteiger partial charge >= 0.3 is 11.9 Å². The molecule has 1 aromatic rings. The highest BCUT2D eigenvalue weighted by molar-refractivity contribution is 7.99. The topological polar surface area (TPSA) is 130 Å². The number of esters is 1. The summed E-state index contributed by atoms with van der Waals surface area (Å²) in [4.78, 5) is 35.3. The highest BCUT2D eigenvalue weighted by Gasteiger charge is 2.57. The maximum Gasteiger partial charge on any atom is 0.336 e. The summed E-state index contributed by atoms with van der Waals surface area (Å²) < 4.78 is 10.6. The second-order valence-electron chi connectivity index (χ2n) is 6.48. The van der Waals surface area contributed by atoms with Crippen LogP contribution in [-0.2, 0) is 23.9 Å². The summed E-state index contributed by atoms with van der Waals surface area (Å²) in [5.41, 5.74) is -3.25. The lowest BCUT2D eigenvalue weighted by Crippen LogP contribution is -2.67. The van der Waals surface area contributed by atoms with Crippen LogP contribution < -0.4 is 0 Å². The molecule has 2 rings (SSSR count). The molecule has 148 valence electrons. The summed E-state index contributed by atoms with van der Waals surface area (Å²) in [5.74, 6) is -2.48. The molecule has 0 aliphatic carbocycles. The molecule has 27 heavy (non-hydrogen) atoms. The van der Waals surface area contributed by atoms with Gasteiger partial charge in [-0.1, -0.05) is 30.0 Å². The number of ether oxygens (including phenoxy) is 2. The Balaban J connectivity index is 2.22. The van der Waals surface area contributed by atoms with Crippen LogP contribution in [0.3, 0.4) is 0 Å². The molecule has 1 fully saturated rings. The van der Waals surface area contributed by atoms with Crippen LogP contribution in [0.1, 0.15) is 26.7 Å². The molecule has 0 bridgehead atoms. The smallest absolute Gasteiger partial charge is 0.336 e. The number of rotatable bonds is 7. The number of hydrogen-bond acceptors (Lipinski definition) is 8. The quantitative estimate of drug-likeness (QED) is 0.575. The van der Waals surface area contributed by atoms with E-state index in [-0.39, 0.29) is 18.6 Å². The van der Waals surface area contributed by atoms with E-state index in [2.05, 4.69) is 0 Å². The molecule has 0 spiro atoms. The van der Waals surface area contributed by atoms with E-state index in [1.54, 1.807) is 30.3 Å². The van der Waals surface area contributed by atoms with Gasteiger partial charge < -0.3 is 29.6 Å². The first-order valence-electron chi connectivity index (χ1n) is 8.32. The predicted octanol–water partition coefficient (Wildman–Crippen LogP) is 0.981. The molecule has 1 aromatic carbocycles. The molecule has 1 aliphatic rings. The summed E-state index contributed by atoms with van der Waals surface area (Å²) in [6.45, 7) is 2.45. The highest BCUT2D eigenvalue weighted by Crippen LogP contribution is 2.39. The molecular weight excluding hydrogens is 376 g/mol. The van der Waals surface area contributed by atoms with Gasteiger partial charge in [-0.15, -0.1) is 0 Å². The third-order valence-electron chi connectivity index (χ3n) is 4.13. The van der Waals surface area contributed by atoms with Crippen molar-refractivity contribution >= 4 is 29.5 Å². The van der Waals surface area contributed by atoms with Crippen LogP contribution in [0.25, 0.3) is 0 Å². The molecule has 5 atom stereocenters. The summed E-state index contributed by atoms with van der Waals surface area (Å²) >= 11 is 1.05. The number of Topliss-reactive ketones (excluding diaryl/α,β-unsaturated/α-hetero) is 1. The Morgan fingerprint density at radius 3 is 2.41 bits per heavy atom. The Morgan fingerprint density at radius 2 is 1.85 bits per heavy atom. The van der Waals surface area contributed by atoms with Gasteiger partial charge in [0.25, 0.3) is 0 Å². The van der Waals surface area contributed by atoms with Crippen LogP contribution >= 0.6 is 11.8 Å². The van der Waals surface area contributed by atoms with Crippen molar-refractivity contribution in [1.29, 1.82) is 0 Å². The van der Waals surface area contributed by atoms with E-state index in [4.69, 9.17) is 9.47 Å². The number of carbonyl (C=O) groups excluding carboxylic acids is 2. The first-order valence-corrected chi connectivity index (χ1v) is 9.20. The largest absolute Gasteiger partial charge is 0.479 e. The van der Waals surface area contributed by atoms with Crippen LogP contribution in [0.15, 0.2) is 35.2 Å². The van der Waals surface area contributed by atoms with Crippen molar-refractivity contribution < 1.29 is 39.2 Å². The lowest BCUT2D eigenvalue weighted by atomic mass is 9.86. The normalized spacial score (nSPS) is 30.5. The van der Waals surface area contributed by atoms with E-state index < -0.39 is 41.3 Å². The van der Waals surface area contributed by atoms with Crippen molar-refractivity contribution in [3.8, 4) is 0 Å². The van der Waals surface area contributed by atoms with Crippen molar-refractivity contribution in [2.75, 3.05) is 0 Å². The molecule has 0 aromatic heterocycles. The molecule has 0 saturated carbocycles. The minimum atomic E-state index is -2.16. The SMILES string of the molecule is CC(=O)CCC(=O)O[C@@H]1[C@@H](O)[C@H](Sc2ccccc2)O[C@H](C(=O)O)[C@@]1(C)O. The zero-order chi connectivity index (χ0) is 20.2. The fourth-order valence-electron chi connectivity index (χ4n) is 2.70.